The Kier molecular flexibility index (Phi) is 54.5. The molecule has 9 heteroatoms. The number of phosphoric ester groups is 1. The van der Waals surface area contributed by atoms with Gasteiger partial charge in [-0.2, -0.15) is 0 Å². The van der Waals surface area contributed by atoms with Gasteiger partial charge >= 0.3 is 7.82 Å². The van der Waals surface area contributed by atoms with Crippen LogP contribution in [0.4, 0.5) is 0 Å². The summed E-state index contributed by atoms with van der Waals surface area (Å²) in [6, 6.07) is -0.867. The summed E-state index contributed by atoms with van der Waals surface area (Å²) >= 11 is 0. The molecule has 0 aliphatic heterocycles. The van der Waals surface area contributed by atoms with Gasteiger partial charge in [-0.15, -0.1) is 0 Å². The number of aliphatic hydroxyl groups is 1. The average Bonchev–Trinajstić information content (AvgIpc) is 3.35. The molecule has 0 aliphatic carbocycles. The number of aliphatic hydroxyl groups excluding tert-OH is 1. The molecule has 0 heterocycles. The number of carbonyl (C=O) groups is 1. The number of phosphoric acid groups is 1. The number of rotatable bonds is 59. The minimum Gasteiger partial charge on any atom is -0.387 e. The number of unbranched alkanes of at least 4 members (excludes halogenated alkanes) is 42. The quantitative estimate of drug-likeness (QED) is 0.0243. The predicted octanol–water partition coefficient (Wildman–Crippen LogP) is 19.7. The van der Waals surface area contributed by atoms with Crippen LogP contribution in [0.25, 0.3) is 0 Å². The fourth-order valence-corrected chi connectivity index (χ4v) is 10.3. The second kappa shape index (κ2) is 55.5. The molecule has 3 N–H and O–H groups in total. The summed E-state index contributed by atoms with van der Waals surface area (Å²) in [4.78, 5) is 23.3. The van der Waals surface area contributed by atoms with Crippen molar-refractivity contribution in [2.45, 2.75) is 328 Å². The second-order valence-corrected chi connectivity index (χ2v) is 24.6. The van der Waals surface area contributed by atoms with Gasteiger partial charge in [-0.3, -0.25) is 13.8 Å². The molecule has 0 aromatic carbocycles. The van der Waals surface area contributed by atoms with E-state index in [4.69, 9.17) is 9.05 Å². The third-order valence-corrected chi connectivity index (χ3v) is 15.6. The van der Waals surface area contributed by atoms with Crippen molar-refractivity contribution in [2.24, 2.45) is 0 Å². The van der Waals surface area contributed by atoms with Crippen molar-refractivity contribution in [1.29, 1.82) is 0 Å². The lowest BCUT2D eigenvalue weighted by molar-refractivity contribution is -0.870. The number of nitrogens with zero attached hydrogens (tertiary/aromatic N) is 1. The normalized spacial score (nSPS) is 14.0. The van der Waals surface area contributed by atoms with Gasteiger partial charge in [-0.05, 0) is 44.9 Å². The molecular formula is C64H126N2O6P+. The van der Waals surface area contributed by atoms with Crippen LogP contribution in [0.2, 0.25) is 0 Å². The monoisotopic (exact) mass is 1050 g/mol. The van der Waals surface area contributed by atoms with Crippen molar-refractivity contribution >= 4 is 13.7 Å². The molecule has 0 saturated carbocycles. The van der Waals surface area contributed by atoms with Gasteiger partial charge < -0.3 is 19.8 Å². The maximum Gasteiger partial charge on any atom is 0.472 e. The van der Waals surface area contributed by atoms with Gasteiger partial charge in [0.1, 0.15) is 13.2 Å². The molecule has 0 rings (SSSR count). The standard InChI is InChI=1S/C64H125N2O6P/c1-6-8-10-12-14-16-18-20-21-22-23-24-25-26-27-28-29-30-31-32-33-34-35-36-37-38-39-40-41-42-43-44-46-48-50-52-54-56-58-64(68)65-62(61-72-73(69,70)71-60-59-66(3,4)5)63(67)57-55-53-51-49-47-45-19-17-15-13-11-9-7-2/h15,17,47,49,55,57,62-63,67H,6-14,16,18-46,48,50-54,56,58-61H2,1-5H3,(H-,65,68,69,70)/p+1/b17-15+,49-47+,57-55+. The minimum atomic E-state index is -4.35. The summed E-state index contributed by atoms with van der Waals surface area (Å²) in [5.41, 5.74) is 0. The van der Waals surface area contributed by atoms with Crippen molar-refractivity contribution < 1.29 is 32.9 Å². The van der Waals surface area contributed by atoms with Crippen LogP contribution in [0.5, 0.6) is 0 Å². The van der Waals surface area contributed by atoms with Crippen LogP contribution in [0.1, 0.15) is 316 Å². The molecule has 0 aromatic rings. The molecule has 8 nitrogen and oxygen atoms in total. The summed E-state index contributed by atoms with van der Waals surface area (Å²) in [5, 5.41) is 13.9. The Balaban J connectivity index is 3.87. The minimum absolute atomic E-state index is 0.0549. The molecule has 1 amide bonds. The summed E-state index contributed by atoms with van der Waals surface area (Å²) < 4.78 is 23.6. The molecule has 0 aliphatic rings. The highest BCUT2D eigenvalue weighted by atomic mass is 31.2. The molecule has 432 valence electrons. The fraction of sp³-hybridized carbons (Fsp3) is 0.891. The van der Waals surface area contributed by atoms with E-state index in [9.17, 15) is 19.4 Å². The van der Waals surface area contributed by atoms with Crippen LogP contribution in [0, 0.1) is 0 Å². The molecule has 3 atom stereocenters. The summed E-state index contributed by atoms with van der Waals surface area (Å²) in [5.74, 6) is -0.187. The lowest BCUT2D eigenvalue weighted by Gasteiger charge is -2.25. The van der Waals surface area contributed by atoms with E-state index in [-0.39, 0.29) is 19.1 Å². The molecule has 0 aromatic heterocycles. The number of likely N-dealkylation sites (N-methyl/N-ethyl adjacent to an activating group) is 1. The molecule has 0 saturated heterocycles. The number of allylic oxidation sites excluding steroid dienone is 5. The first kappa shape index (κ1) is 71.7. The summed E-state index contributed by atoms with van der Waals surface area (Å²) in [7, 11) is 1.56. The number of amides is 1. The molecule has 0 spiro atoms. The smallest absolute Gasteiger partial charge is 0.387 e. The molecule has 3 unspecified atom stereocenters. The van der Waals surface area contributed by atoms with Crippen LogP contribution in [-0.4, -0.2) is 73.4 Å². The van der Waals surface area contributed by atoms with E-state index in [2.05, 4.69) is 43.5 Å². The van der Waals surface area contributed by atoms with E-state index in [1.54, 1.807) is 6.08 Å². The van der Waals surface area contributed by atoms with Crippen molar-refractivity contribution in [1.82, 2.24) is 5.32 Å². The topological polar surface area (TPSA) is 105 Å². The molecule has 0 fully saturated rings. The van der Waals surface area contributed by atoms with Crippen molar-refractivity contribution in [2.75, 3.05) is 40.9 Å². The molecular weight excluding hydrogens is 924 g/mol. The number of carbonyl (C=O) groups excluding carboxylic acids is 1. The number of nitrogens with one attached hydrogen (secondary N) is 1. The van der Waals surface area contributed by atoms with Crippen molar-refractivity contribution in [3.05, 3.63) is 36.5 Å². The average molecular weight is 1050 g/mol. The third kappa shape index (κ3) is 58.2. The van der Waals surface area contributed by atoms with Gasteiger partial charge in [-0.1, -0.05) is 301 Å². The highest BCUT2D eigenvalue weighted by molar-refractivity contribution is 7.47. The second-order valence-electron chi connectivity index (χ2n) is 23.1. The lowest BCUT2D eigenvalue weighted by atomic mass is 10.0. The number of quaternary nitrogens is 1. The maximum absolute atomic E-state index is 13.0. The van der Waals surface area contributed by atoms with Crippen LogP contribution in [-0.2, 0) is 18.4 Å². The van der Waals surface area contributed by atoms with Gasteiger partial charge in [0.05, 0.1) is 39.9 Å². The van der Waals surface area contributed by atoms with E-state index in [1.165, 1.54) is 244 Å². The zero-order valence-electron chi connectivity index (χ0n) is 49.4. The number of hydrogen-bond acceptors (Lipinski definition) is 5. The lowest BCUT2D eigenvalue weighted by Crippen LogP contribution is -2.45. The fourth-order valence-electron chi connectivity index (χ4n) is 9.61. The van der Waals surface area contributed by atoms with Gasteiger partial charge in [0.25, 0.3) is 0 Å². The summed E-state index contributed by atoms with van der Waals surface area (Å²) in [6.45, 7) is 4.78. The predicted molar refractivity (Wildman–Crippen MR) is 318 cm³/mol. The van der Waals surface area contributed by atoms with Crippen molar-refractivity contribution in [3.8, 4) is 0 Å². The molecule has 0 radical (unpaired) electrons. The van der Waals surface area contributed by atoms with E-state index < -0.39 is 20.0 Å². The Morgan fingerprint density at radius 1 is 0.452 bits per heavy atom. The Hall–Kier alpha value is -1.28. The van der Waals surface area contributed by atoms with Crippen LogP contribution >= 0.6 is 7.82 Å². The first-order chi connectivity index (χ1) is 35.5. The first-order valence-corrected chi connectivity index (χ1v) is 33.4. The highest BCUT2D eigenvalue weighted by Crippen LogP contribution is 2.43. The SMILES string of the molecule is CCCCC/C=C/CC/C=C/CC/C=C/C(O)C(COP(=O)(O)OCC[N+](C)(C)C)NC(=O)CCCCCCCCCCCCCCCCCCCCCCCCCCCCCCCCCCCCCCCC. The molecule has 0 bridgehead atoms. The van der Waals surface area contributed by atoms with Crippen molar-refractivity contribution in [3.63, 3.8) is 0 Å². The van der Waals surface area contributed by atoms with Gasteiger partial charge in [0.15, 0.2) is 0 Å². The van der Waals surface area contributed by atoms with Gasteiger partial charge in [-0.25, -0.2) is 4.57 Å². The Morgan fingerprint density at radius 2 is 0.753 bits per heavy atom. The first-order valence-electron chi connectivity index (χ1n) is 31.9. The van der Waals surface area contributed by atoms with E-state index >= 15 is 0 Å². The third-order valence-electron chi connectivity index (χ3n) is 14.6. The van der Waals surface area contributed by atoms with E-state index in [0.717, 1.165) is 51.4 Å². The molecule has 73 heavy (non-hydrogen) atoms. The van der Waals surface area contributed by atoms with E-state index in [0.29, 0.717) is 17.4 Å². The summed E-state index contributed by atoms with van der Waals surface area (Å²) in [6.07, 6.45) is 73.1. The van der Waals surface area contributed by atoms with Gasteiger partial charge in [0.2, 0.25) is 5.91 Å². The van der Waals surface area contributed by atoms with Crippen LogP contribution < -0.4 is 5.32 Å². The van der Waals surface area contributed by atoms with E-state index in [1.807, 2.05) is 27.2 Å². The largest absolute Gasteiger partial charge is 0.472 e. The van der Waals surface area contributed by atoms with Crippen LogP contribution in [0.3, 0.4) is 0 Å². The van der Waals surface area contributed by atoms with Gasteiger partial charge in [0, 0.05) is 6.42 Å². The van der Waals surface area contributed by atoms with Crippen LogP contribution in [0.15, 0.2) is 36.5 Å². The zero-order valence-corrected chi connectivity index (χ0v) is 50.3. The Morgan fingerprint density at radius 3 is 1.10 bits per heavy atom. The maximum atomic E-state index is 13.0. The zero-order chi connectivity index (χ0) is 53.5. The highest BCUT2D eigenvalue weighted by Gasteiger charge is 2.27. The number of hydrogen-bond donors (Lipinski definition) is 3. The Labute approximate surface area is 455 Å². The Bertz CT molecular complexity index is 1280.